The van der Waals surface area contributed by atoms with Crippen LogP contribution in [0.2, 0.25) is 0 Å². The van der Waals surface area contributed by atoms with E-state index in [0.29, 0.717) is 5.92 Å². The summed E-state index contributed by atoms with van der Waals surface area (Å²) >= 11 is 0. The van der Waals surface area contributed by atoms with Crippen molar-refractivity contribution in [1.29, 1.82) is 0 Å². The number of carbonyl (C=O) groups excluding carboxylic acids is 1. The zero-order chi connectivity index (χ0) is 13.5. The van der Waals surface area contributed by atoms with Crippen molar-refractivity contribution in [3.63, 3.8) is 0 Å². The Morgan fingerprint density at radius 2 is 2.17 bits per heavy atom. The monoisotopic (exact) mass is 255 g/mol. The van der Waals surface area contributed by atoms with Crippen LogP contribution in [0.25, 0.3) is 0 Å². The predicted octanol–water partition coefficient (Wildman–Crippen LogP) is 1.08. The first kappa shape index (κ1) is 15.4. The first-order valence-electron chi connectivity index (χ1n) is 7.15. The van der Waals surface area contributed by atoms with Crippen LogP contribution in [0.1, 0.15) is 33.1 Å². The number of nitrogens with one attached hydrogen (secondary N) is 2. The first-order chi connectivity index (χ1) is 8.49. The van der Waals surface area contributed by atoms with Gasteiger partial charge in [0.15, 0.2) is 0 Å². The second-order valence-electron chi connectivity index (χ2n) is 6.14. The minimum atomic E-state index is 0.163. The van der Waals surface area contributed by atoms with Crippen LogP contribution in [0.5, 0.6) is 0 Å². The summed E-state index contributed by atoms with van der Waals surface area (Å²) in [4.78, 5) is 14.3. The van der Waals surface area contributed by atoms with E-state index in [2.05, 4.69) is 43.5 Å². The Morgan fingerprint density at radius 1 is 1.44 bits per heavy atom. The number of piperidine rings is 1. The van der Waals surface area contributed by atoms with Crippen LogP contribution in [0.4, 0.5) is 0 Å². The molecule has 1 aliphatic heterocycles. The van der Waals surface area contributed by atoms with Crippen LogP contribution in [0.15, 0.2) is 0 Å². The number of rotatable bonds is 6. The smallest absolute Gasteiger partial charge is 0.224 e. The van der Waals surface area contributed by atoms with E-state index >= 15 is 0 Å². The van der Waals surface area contributed by atoms with Gasteiger partial charge in [0.1, 0.15) is 0 Å². The molecular formula is C14H29N3O. The van der Waals surface area contributed by atoms with Crippen molar-refractivity contribution >= 4 is 5.91 Å². The van der Waals surface area contributed by atoms with Gasteiger partial charge in [-0.2, -0.15) is 0 Å². The third kappa shape index (κ3) is 5.83. The highest BCUT2D eigenvalue weighted by molar-refractivity contribution is 5.79. The molecule has 4 nitrogen and oxygen atoms in total. The summed E-state index contributed by atoms with van der Waals surface area (Å²) in [5, 5.41) is 6.53. The molecule has 0 saturated carbocycles. The molecule has 1 unspecified atom stereocenters. The summed E-state index contributed by atoms with van der Waals surface area (Å²) in [5.41, 5.74) is 0. The normalized spacial score (nSPS) is 22.2. The van der Waals surface area contributed by atoms with E-state index in [-0.39, 0.29) is 17.9 Å². The number of hydrogen-bond acceptors (Lipinski definition) is 3. The van der Waals surface area contributed by atoms with Crippen molar-refractivity contribution in [3.05, 3.63) is 0 Å². The third-order valence-corrected chi connectivity index (χ3v) is 3.36. The minimum absolute atomic E-state index is 0.163. The molecule has 2 atom stereocenters. The quantitative estimate of drug-likeness (QED) is 0.746. The highest BCUT2D eigenvalue weighted by Gasteiger charge is 2.23. The van der Waals surface area contributed by atoms with Crippen LogP contribution in [0, 0.1) is 11.8 Å². The Kier molecular flexibility index (Phi) is 6.65. The van der Waals surface area contributed by atoms with Crippen LogP contribution in [0.3, 0.4) is 0 Å². The van der Waals surface area contributed by atoms with Gasteiger partial charge in [0.25, 0.3) is 0 Å². The lowest BCUT2D eigenvalue weighted by Gasteiger charge is -2.28. The third-order valence-electron chi connectivity index (χ3n) is 3.36. The molecule has 18 heavy (non-hydrogen) atoms. The highest BCUT2D eigenvalue weighted by Crippen LogP contribution is 2.12. The second-order valence-corrected chi connectivity index (χ2v) is 6.14. The summed E-state index contributed by atoms with van der Waals surface area (Å²) in [6.45, 7) is 7.22. The molecule has 0 aromatic carbocycles. The molecule has 1 rings (SSSR count). The molecule has 0 aromatic rings. The standard InChI is InChI=1S/C14H29N3O/c1-11(2)8-13(10-17(3)4)16-14(18)12-6-5-7-15-9-12/h11-13,15H,5-10H2,1-4H3,(H,16,18)/t12-,13?/m1/s1. The summed E-state index contributed by atoms with van der Waals surface area (Å²) in [6.07, 6.45) is 3.18. The van der Waals surface area contributed by atoms with Crippen LogP contribution >= 0.6 is 0 Å². The Bertz CT molecular complexity index is 237. The lowest BCUT2D eigenvalue weighted by molar-refractivity contribution is -0.126. The first-order valence-corrected chi connectivity index (χ1v) is 7.15. The van der Waals surface area contributed by atoms with Gasteiger partial charge >= 0.3 is 0 Å². The summed E-state index contributed by atoms with van der Waals surface area (Å²) in [5.74, 6) is 1.00. The fourth-order valence-corrected chi connectivity index (χ4v) is 2.58. The van der Waals surface area contributed by atoms with Crippen LogP contribution < -0.4 is 10.6 Å². The Hall–Kier alpha value is -0.610. The van der Waals surface area contributed by atoms with Crippen molar-refractivity contribution in [1.82, 2.24) is 15.5 Å². The number of likely N-dealkylation sites (N-methyl/N-ethyl adjacent to an activating group) is 1. The average molecular weight is 255 g/mol. The molecule has 1 fully saturated rings. The Labute approximate surface area is 111 Å². The van der Waals surface area contributed by atoms with Gasteiger partial charge in [-0.3, -0.25) is 4.79 Å². The van der Waals surface area contributed by atoms with E-state index in [1.54, 1.807) is 0 Å². The zero-order valence-electron chi connectivity index (χ0n) is 12.3. The van der Waals surface area contributed by atoms with Gasteiger partial charge in [-0.25, -0.2) is 0 Å². The van der Waals surface area contributed by atoms with E-state index in [9.17, 15) is 4.79 Å². The van der Waals surface area contributed by atoms with Gasteiger partial charge in [0.2, 0.25) is 5.91 Å². The number of hydrogen-bond donors (Lipinski definition) is 2. The van der Waals surface area contributed by atoms with Gasteiger partial charge in [-0.15, -0.1) is 0 Å². The Balaban J connectivity index is 2.44. The lowest BCUT2D eigenvalue weighted by atomic mass is 9.97. The van der Waals surface area contributed by atoms with Crippen molar-refractivity contribution in [2.24, 2.45) is 11.8 Å². The zero-order valence-corrected chi connectivity index (χ0v) is 12.3. The van der Waals surface area contributed by atoms with Crippen molar-refractivity contribution in [2.75, 3.05) is 33.7 Å². The topological polar surface area (TPSA) is 44.4 Å². The van der Waals surface area contributed by atoms with Gasteiger partial charge < -0.3 is 15.5 Å². The summed E-state index contributed by atoms with van der Waals surface area (Å²) in [6, 6.07) is 0.273. The highest BCUT2D eigenvalue weighted by atomic mass is 16.2. The van der Waals surface area contributed by atoms with E-state index in [1.807, 2.05) is 0 Å². The molecule has 106 valence electrons. The molecule has 1 saturated heterocycles. The largest absolute Gasteiger partial charge is 0.352 e. The maximum atomic E-state index is 12.2. The van der Waals surface area contributed by atoms with Crippen molar-refractivity contribution in [3.8, 4) is 0 Å². The molecule has 2 N–H and O–H groups in total. The minimum Gasteiger partial charge on any atom is -0.352 e. The summed E-state index contributed by atoms with van der Waals surface area (Å²) in [7, 11) is 4.11. The van der Waals surface area contributed by atoms with E-state index in [4.69, 9.17) is 0 Å². The molecule has 0 aromatic heterocycles. The molecular weight excluding hydrogens is 226 g/mol. The molecule has 4 heteroatoms. The molecule has 1 aliphatic rings. The fourth-order valence-electron chi connectivity index (χ4n) is 2.58. The van der Waals surface area contributed by atoms with Crippen LogP contribution in [-0.2, 0) is 4.79 Å². The van der Waals surface area contributed by atoms with E-state index in [0.717, 1.165) is 38.9 Å². The van der Waals surface area contributed by atoms with Crippen LogP contribution in [-0.4, -0.2) is 50.6 Å². The van der Waals surface area contributed by atoms with E-state index in [1.165, 1.54) is 0 Å². The molecule has 0 spiro atoms. The Morgan fingerprint density at radius 3 is 2.67 bits per heavy atom. The SMILES string of the molecule is CC(C)CC(CN(C)C)NC(=O)[C@@H]1CCCNC1. The number of amides is 1. The molecule has 1 amide bonds. The van der Waals surface area contributed by atoms with Gasteiger partial charge in [0, 0.05) is 19.1 Å². The van der Waals surface area contributed by atoms with Gasteiger partial charge in [-0.05, 0) is 45.8 Å². The van der Waals surface area contributed by atoms with Gasteiger partial charge in [-0.1, -0.05) is 13.8 Å². The van der Waals surface area contributed by atoms with Crippen molar-refractivity contribution < 1.29 is 4.79 Å². The maximum absolute atomic E-state index is 12.2. The molecule has 0 radical (unpaired) electrons. The maximum Gasteiger partial charge on any atom is 0.224 e. The molecule has 0 aliphatic carbocycles. The average Bonchev–Trinajstić information content (AvgIpc) is 2.28. The fraction of sp³-hybridized carbons (Fsp3) is 0.929. The number of carbonyl (C=O) groups is 1. The van der Waals surface area contributed by atoms with Crippen molar-refractivity contribution in [2.45, 2.75) is 39.2 Å². The summed E-state index contributed by atoms with van der Waals surface area (Å²) < 4.78 is 0. The lowest BCUT2D eigenvalue weighted by Crippen LogP contribution is -2.48. The second kappa shape index (κ2) is 7.74. The number of nitrogens with zero attached hydrogens (tertiary/aromatic N) is 1. The molecule has 0 bridgehead atoms. The van der Waals surface area contributed by atoms with Gasteiger partial charge in [0.05, 0.1) is 5.92 Å². The predicted molar refractivity (Wildman–Crippen MR) is 75.5 cm³/mol. The molecule has 1 heterocycles. The van der Waals surface area contributed by atoms with E-state index < -0.39 is 0 Å².